The van der Waals surface area contributed by atoms with E-state index in [1.54, 1.807) is 6.07 Å². The first-order chi connectivity index (χ1) is 9.47. The van der Waals surface area contributed by atoms with Gasteiger partial charge in [0.1, 0.15) is 11.6 Å². The average Bonchev–Trinajstić information content (AvgIpc) is 2.47. The van der Waals surface area contributed by atoms with Crippen molar-refractivity contribution >= 4 is 10.2 Å². The minimum atomic E-state index is -4.09. The van der Waals surface area contributed by atoms with Crippen LogP contribution in [-0.4, -0.2) is 32.9 Å². The second-order valence-electron chi connectivity index (χ2n) is 4.67. The van der Waals surface area contributed by atoms with Crippen molar-refractivity contribution in [3.8, 4) is 5.75 Å². The van der Waals surface area contributed by atoms with Gasteiger partial charge in [-0.3, -0.25) is 0 Å². The summed E-state index contributed by atoms with van der Waals surface area (Å²) in [5.74, 6) is -0.193. The monoisotopic (exact) mass is 306 g/mol. The van der Waals surface area contributed by atoms with Gasteiger partial charge in [0.25, 0.3) is 0 Å². The van der Waals surface area contributed by atoms with E-state index in [9.17, 15) is 17.3 Å². The smallest absolute Gasteiger partial charge is 0.305 e. The maximum Gasteiger partial charge on any atom is 0.305 e. The number of methoxy groups -OCH3 is 1. The maximum absolute atomic E-state index is 13.2. The molecule has 5 nitrogen and oxygen atoms in total. The van der Waals surface area contributed by atoms with Crippen LogP contribution in [0, 0.1) is 5.82 Å². The number of hydrogen-bond acceptors (Lipinski definition) is 3. The molecule has 1 aromatic rings. The van der Waals surface area contributed by atoms with Gasteiger partial charge in [-0.25, -0.2) is 4.39 Å². The normalized spacial score (nSPS) is 20.9. The Bertz CT molecular complexity index is 580. The van der Waals surface area contributed by atoms with Crippen molar-refractivity contribution in [1.29, 1.82) is 0 Å². The summed E-state index contributed by atoms with van der Waals surface area (Å²) in [4.78, 5) is 0.828. The third-order valence-corrected chi connectivity index (χ3v) is 4.66. The minimum absolute atomic E-state index is 0.140. The summed E-state index contributed by atoms with van der Waals surface area (Å²) in [7, 11) is -2.66. The highest BCUT2D eigenvalue weighted by molar-refractivity contribution is 7.87. The van der Waals surface area contributed by atoms with E-state index in [1.165, 1.54) is 19.2 Å². The molecule has 20 heavy (non-hydrogen) atoms. The molecule has 112 valence electrons. The molecule has 1 aromatic carbocycles. The lowest BCUT2D eigenvalue weighted by atomic mass is 9.91. The molecule has 1 unspecified atom stereocenters. The van der Waals surface area contributed by atoms with Crippen molar-refractivity contribution in [3.63, 3.8) is 0 Å². The van der Waals surface area contributed by atoms with Gasteiger partial charge in [-0.1, -0.05) is 6.07 Å². The van der Waals surface area contributed by atoms with E-state index in [0.29, 0.717) is 12.2 Å². The molecule has 1 aliphatic heterocycles. The fraction of sp³-hybridized carbons (Fsp3) is 0.500. The van der Waals surface area contributed by atoms with Gasteiger partial charge in [0.2, 0.25) is 0 Å². The summed E-state index contributed by atoms with van der Waals surface area (Å²) in [5, 5.41) is 0. The van der Waals surface area contributed by atoms with E-state index in [2.05, 4.69) is 0 Å². The van der Waals surface area contributed by atoms with Crippen molar-refractivity contribution in [2.45, 2.75) is 18.8 Å². The van der Waals surface area contributed by atoms with Gasteiger partial charge < -0.3 is 4.74 Å². The van der Waals surface area contributed by atoms with Gasteiger partial charge >= 0.3 is 10.2 Å². The highest BCUT2D eigenvalue weighted by atomic mass is 32.2. The first kappa shape index (κ1) is 15.1. The molecular formula is C12H16F2N2O3S. The molecule has 0 spiro atoms. The topological polar surface area (TPSA) is 58.6 Å². The van der Waals surface area contributed by atoms with Crippen LogP contribution in [0.4, 0.5) is 8.87 Å². The summed E-state index contributed by atoms with van der Waals surface area (Å²) in [6, 6.07) is 4.15. The molecule has 0 aromatic heterocycles. The Morgan fingerprint density at radius 1 is 1.45 bits per heavy atom. The molecule has 0 bridgehead atoms. The average molecular weight is 306 g/mol. The lowest BCUT2D eigenvalue weighted by Crippen LogP contribution is -2.43. The van der Waals surface area contributed by atoms with Crippen LogP contribution in [0.2, 0.25) is 0 Å². The number of piperidine rings is 1. The molecule has 2 rings (SSSR count). The number of benzene rings is 1. The lowest BCUT2D eigenvalue weighted by Gasteiger charge is -2.31. The number of rotatable bonds is 4. The molecule has 1 aliphatic rings. The van der Waals surface area contributed by atoms with E-state index in [1.807, 2.05) is 0 Å². The molecule has 1 N–H and O–H groups in total. The van der Waals surface area contributed by atoms with Crippen molar-refractivity contribution in [1.82, 2.24) is 9.25 Å². The van der Waals surface area contributed by atoms with Crippen molar-refractivity contribution in [2.75, 3.05) is 20.2 Å². The van der Waals surface area contributed by atoms with E-state index in [0.717, 1.165) is 21.2 Å². The van der Waals surface area contributed by atoms with Gasteiger partial charge in [-0.05, 0) is 29.4 Å². The Morgan fingerprint density at radius 2 is 2.20 bits per heavy atom. The van der Waals surface area contributed by atoms with Crippen LogP contribution < -0.4 is 9.68 Å². The van der Waals surface area contributed by atoms with Gasteiger partial charge in [0, 0.05) is 25.1 Å². The highest BCUT2D eigenvalue weighted by Crippen LogP contribution is 2.34. The van der Waals surface area contributed by atoms with E-state index in [-0.39, 0.29) is 19.0 Å². The predicted octanol–water partition coefficient (Wildman–Crippen LogP) is 1.73. The van der Waals surface area contributed by atoms with Crippen LogP contribution in [-0.2, 0) is 10.2 Å². The fourth-order valence-electron chi connectivity index (χ4n) is 2.49. The second kappa shape index (κ2) is 6.02. The Labute approximate surface area is 116 Å². The standard InChI is InChI=1S/C12H16F2N2O3S/c1-19-12-7-10(13)4-5-11(12)9-3-2-6-16(8-9)20(17,18)15-14/h4-5,7,9,15H,2-3,6,8H2,1H3. The first-order valence-electron chi connectivity index (χ1n) is 6.19. The third-order valence-electron chi connectivity index (χ3n) is 3.46. The molecule has 0 radical (unpaired) electrons. The van der Waals surface area contributed by atoms with Crippen LogP contribution >= 0.6 is 0 Å². The Hall–Kier alpha value is -1.25. The number of halogens is 2. The molecule has 1 saturated heterocycles. The van der Waals surface area contributed by atoms with E-state index >= 15 is 0 Å². The fourth-order valence-corrected chi connectivity index (χ4v) is 3.33. The quantitative estimate of drug-likeness (QED) is 0.862. The molecule has 0 amide bonds. The predicted molar refractivity (Wildman–Crippen MR) is 69.7 cm³/mol. The van der Waals surface area contributed by atoms with Crippen molar-refractivity contribution in [3.05, 3.63) is 29.6 Å². The number of ether oxygens (including phenoxy) is 1. The van der Waals surface area contributed by atoms with E-state index in [4.69, 9.17) is 4.74 Å². The third kappa shape index (κ3) is 3.08. The largest absolute Gasteiger partial charge is 0.496 e. The maximum atomic E-state index is 13.2. The summed E-state index contributed by atoms with van der Waals surface area (Å²) in [6.45, 7) is 0.403. The van der Waals surface area contributed by atoms with Crippen LogP contribution in [0.1, 0.15) is 24.3 Å². The zero-order valence-corrected chi connectivity index (χ0v) is 11.8. The second-order valence-corrected chi connectivity index (χ2v) is 6.29. The molecule has 0 aliphatic carbocycles. The van der Waals surface area contributed by atoms with Gasteiger partial charge in [-0.2, -0.15) is 12.7 Å². The summed E-state index contributed by atoms with van der Waals surface area (Å²) in [5.41, 5.74) is 0.729. The number of hydrogen-bond donors (Lipinski definition) is 1. The van der Waals surface area contributed by atoms with Crippen LogP contribution in [0.3, 0.4) is 0 Å². The Balaban J connectivity index is 2.25. The Kier molecular flexibility index (Phi) is 4.56. The molecular weight excluding hydrogens is 290 g/mol. The first-order valence-corrected chi connectivity index (χ1v) is 7.63. The number of nitrogens with zero attached hydrogens (tertiary/aromatic N) is 1. The summed E-state index contributed by atoms with van der Waals surface area (Å²) >= 11 is 0. The SMILES string of the molecule is COc1cc(F)ccc1C1CCCN(S(=O)(=O)NF)C1. The zero-order chi connectivity index (χ0) is 14.8. The molecule has 1 fully saturated rings. The molecule has 1 heterocycles. The summed E-state index contributed by atoms with van der Waals surface area (Å²) in [6.07, 6.45) is 1.34. The van der Waals surface area contributed by atoms with Gasteiger partial charge in [-0.15, -0.1) is 4.48 Å². The Morgan fingerprint density at radius 3 is 2.85 bits per heavy atom. The molecule has 1 atom stereocenters. The van der Waals surface area contributed by atoms with Gasteiger partial charge in [0.15, 0.2) is 0 Å². The molecule has 0 saturated carbocycles. The van der Waals surface area contributed by atoms with Crippen LogP contribution in [0.25, 0.3) is 0 Å². The van der Waals surface area contributed by atoms with Gasteiger partial charge in [0.05, 0.1) is 7.11 Å². The molecule has 8 heteroatoms. The highest BCUT2D eigenvalue weighted by Gasteiger charge is 2.30. The summed E-state index contributed by atoms with van der Waals surface area (Å²) < 4.78 is 54.7. The van der Waals surface area contributed by atoms with E-state index < -0.39 is 16.0 Å². The zero-order valence-electron chi connectivity index (χ0n) is 11.0. The van der Waals surface area contributed by atoms with Crippen LogP contribution in [0.5, 0.6) is 5.75 Å². The van der Waals surface area contributed by atoms with Crippen molar-refractivity contribution in [2.24, 2.45) is 0 Å². The van der Waals surface area contributed by atoms with Crippen molar-refractivity contribution < 1.29 is 22.0 Å². The number of nitrogens with one attached hydrogen (secondary N) is 1. The minimum Gasteiger partial charge on any atom is -0.496 e. The lowest BCUT2D eigenvalue weighted by molar-refractivity contribution is 0.290. The van der Waals surface area contributed by atoms with Crippen LogP contribution in [0.15, 0.2) is 18.2 Å².